The molecule has 31 heavy (non-hydrogen) atoms. The number of para-hydroxylation sites is 1. The molecule has 1 aliphatic rings. The number of pyridine rings is 1. The van der Waals surface area contributed by atoms with Gasteiger partial charge in [0.15, 0.2) is 0 Å². The first-order chi connectivity index (χ1) is 15.1. The number of carbonyl (C=O) groups is 2. The molecule has 3 amide bonds. The molecule has 2 aromatic carbocycles. The normalized spacial score (nSPS) is 14.6. The van der Waals surface area contributed by atoms with Crippen molar-refractivity contribution in [3.8, 4) is 0 Å². The van der Waals surface area contributed by atoms with Gasteiger partial charge in [0.1, 0.15) is 0 Å². The quantitative estimate of drug-likeness (QED) is 0.609. The van der Waals surface area contributed by atoms with Crippen LogP contribution in [-0.2, 0) is 4.79 Å². The zero-order valence-corrected chi connectivity index (χ0v) is 17.8. The number of anilines is 1. The van der Waals surface area contributed by atoms with Gasteiger partial charge in [-0.2, -0.15) is 0 Å². The van der Waals surface area contributed by atoms with Crippen LogP contribution in [0.15, 0.2) is 66.9 Å². The average molecular weight is 435 g/mol. The van der Waals surface area contributed by atoms with E-state index >= 15 is 0 Å². The minimum Gasteiger partial charge on any atom is -0.337 e. The van der Waals surface area contributed by atoms with E-state index in [2.05, 4.69) is 10.3 Å². The molecule has 1 saturated heterocycles. The second-order valence-corrected chi connectivity index (χ2v) is 7.80. The predicted molar refractivity (Wildman–Crippen MR) is 124 cm³/mol. The molecule has 1 aliphatic heterocycles. The highest BCUT2D eigenvalue weighted by molar-refractivity contribution is 6.30. The van der Waals surface area contributed by atoms with E-state index in [-0.39, 0.29) is 11.9 Å². The minimum atomic E-state index is -0.186. The van der Waals surface area contributed by atoms with E-state index in [1.165, 1.54) is 0 Å². The van der Waals surface area contributed by atoms with Crippen molar-refractivity contribution in [1.29, 1.82) is 0 Å². The Hall–Kier alpha value is -3.38. The number of urea groups is 1. The number of halogens is 1. The molecule has 0 spiro atoms. The molecule has 2 heterocycles. The zero-order chi connectivity index (χ0) is 21.6. The number of hydrogen-bond donors (Lipinski definition) is 1. The average Bonchev–Trinajstić information content (AvgIpc) is 3.04. The maximum atomic E-state index is 12.8. The lowest BCUT2D eigenvalue weighted by molar-refractivity contribution is -0.125. The molecule has 0 bridgehead atoms. The van der Waals surface area contributed by atoms with E-state index in [1.807, 2.05) is 36.4 Å². The van der Waals surface area contributed by atoms with Crippen molar-refractivity contribution in [2.45, 2.75) is 6.42 Å². The molecule has 0 unspecified atom stereocenters. The Morgan fingerprint density at radius 3 is 2.61 bits per heavy atom. The molecule has 1 aromatic heterocycles. The van der Waals surface area contributed by atoms with Crippen LogP contribution in [-0.4, -0.2) is 52.9 Å². The summed E-state index contributed by atoms with van der Waals surface area (Å²) in [5.41, 5.74) is 2.43. The molecule has 7 heteroatoms. The summed E-state index contributed by atoms with van der Waals surface area (Å²) >= 11 is 5.98. The first kappa shape index (κ1) is 20.9. The predicted octanol–water partition coefficient (Wildman–Crippen LogP) is 4.67. The van der Waals surface area contributed by atoms with Crippen molar-refractivity contribution in [2.75, 3.05) is 31.5 Å². The van der Waals surface area contributed by atoms with Gasteiger partial charge in [0.25, 0.3) is 0 Å². The van der Waals surface area contributed by atoms with Crippen LogP contribution in [0.3, 0.4) is 0 Å². The van der Waals surface area contributed by atoms with E-state index in [0.29, 0.717) is 36.9 Å². The third kappa shape index (κ3) is 5.22. The summed E-state index contributed by atoms with van der Waals surface area (Å²) in [6.07, 6.45) is 5.87. The first-order valence-electron chi connectivity index (χ1n) is 10.2. The van der Waals surface area contributed by atoms with Crippen LogP contribution in [0.1, 0.15) is 12.0 Å². The van der Waals surface area contributed by atoms with Gasteiger partial charge in [-0.05, 0) is 36.8 Å². The largest absolute Gasteiger partial charge is 0.337 e. The number of fused-ring (bicyclic) bond motifs is 1. The molecular weight excluding hydrogens is 412 g/mol. The van der Waals surface area contributed by atoms with E-state index in [4.69, 9.17) is 11.6 Å². The maximum Gasteiger partial charge on any atom is 0.321 e. The lowest BCUT2D eigenvalue weighted by Crippen LogP contribution is -2.39. The number of carbonyl (C=O) groups excluding carboxylic acids is 2. The van der Waals surface area contributed by atoms with Gasteiger partial charge in [-0.3, -0.25) is 9.78 Å². The fraction of sp³-hybridized carbons (Fsp3) is 0.208. The van der Waals surface area contributed by atoms with E-state index in [0.717, 1.165) is 22.9 Å². The first-order valence-corrected chi connectivity index (χ1v) is 10.6. The van der Waals surface area contributed by atoms with Crippen LogP contribution in [0, 0.1) is 0 Å². The van der Waals surface area contributed by atoms with Gasteiger partial charge in [-0.1, -0.05) is 41.9 Å². The molecule has 3 aromatic rings. The Kier molecular flexibility index (Phi) is 6.48. The van der Waals surface area contributed by atoms with Gasteiger partial charge in [-0.25, -0.2) is 4.79 Å². The van der Waals surface area contributed by atoms with E-state index < -0.39 is 0 Å². The summed E-state index contributed by atoms with van der Waals surface area (Å²) in [4.78, 5) is 33.3. The third-order valence-corrected chi connectivity index (χ3v) is 5.48. The van der Waals surface area contributed by atoms with Crippen LogP contribution in [0.5, 0.6) is 0 Å². The molecule has 0 saturated carbocycles. The number of hydrogen-bond acceptors (Lipinski definition) is 3. The van der Waals surface area contributed by atoms with Gasteiger partial charge in [0.05, 0.1) is 5.52 Å². The third-order valence-electron chi connectivity index (χ3n) is 5.24. The lowest BCUT2D eigenvalue weighted by atomic mass is 10.1. The summed E-state index contributed by atoms with van der Waals surface area (Å²) in [6.45, 7) is 2.16. The molecule has 0 atom stereocenters. The topological polar surface area (TPSA) is 65.5 Å². The monoisotopic (exact) mass is 434 g/mol. The molecular formula is C24H23ClN4O2. The Bertz CT molecular complexity index is 1130. The molecule has 6 nitrogen and oxygen atoms in total. The number of nitrogens with zero attached hydrogens (tertiary/aromatic N) is 3. The smallest absolute Gasteiger partial charge is 0.321 e. The van der Waals surface area contributed by atoms with Gasteiger partial charge in [0, 0.05) is 60.1 Å². The minimum absolute atomic E-state index is 0.0648. The fourth-order valence-corrected chi connectivity index (χ4v) is 3.83. The van der Waals surface area contributed by atoms with Gasteiger partial charge in [-0.15, -0.1) is 0 Å². The summed E-state index contributed by atoms with van der Waals surface area (Å²) < 4.78 is 0. The molecule has 158 valence electrons. The Balaban J connectivity index is 1.37. The maximum absolute atomic E-state index is 12.8. The number of rotatable bonds is 3. The highest BCUT2D eigenvalue weighted by Crippen LogP contribution is 2.18. The van der Waals surface area contributed by atoms with Crippen molar-refractivity contribution in [1.82, 2.24) is 14.8 Å². The Labute approximate surface area is 186 Å². The zero-order valence-electron chi connectivity index (χ0n) is 17.0. The number of aromatic nitrogens is 1. The Morgan fingerprint density at radius 1 is 0.968 bits per heavy atom. The van der Waals surface area contributed by atoms with Crippen LogP contribution in [0.2, 0.25) is 5.02 Å². The molecule has 0 aliphatic carbocycles. The van der Waals surface area contributed by atoms with Crippen molar-refractivity contribution >= 4 is 46.2 Å². The summed E-state index contributed by atoms with van der Waals surface area (Å²) in [5.74, 6) is -0.0648. The fourth-order valence-electron chi connectivity index (χ4n) is 3.64. The van der Waals surface area contributed by atoms with Crippen molar-refractivity contribution in [3.63, 3.8) is 0 Å². The standard InChI is InChI=1S/C24H23ClN4O2/c25-20-8-2-9-21(17-20)27-24(31)29-14-4-13-28(15-16-29)22(30)11-10-19-6-1-5-18-7-3-12-26-23(18)19/h1-3,5-12,17H,4,13-16H2,(H,27,31)/b11-10+. The van der Waals surface area contributed by atoms with E-state index in [1.54, 1.807) is 46.3 Å². The van der Waals surface area contributed by atoms with Gasteiger partial charge in [0.2, 0.25) is 5.91 Å². The Morgan fingerprint density at radius 2 is 1.74 bits per heavy atom. The molecule has 1 N–H and O–H groups in total. The van der Waals surface area contributed by atoms with Crippen molar-refractivity contribution in [2.24, 2.45) is 0 Å². The lowest BCUT2D eigenvalue weighted by Gasteiger charge is -2.22. The summed E-state index contributed by atoms with van der Waals surface area (Å²) in [5, 5.41) is 4.47. The SMILES string of the molecule is O=C(/C=C/c1cccc2cccnc12)N1CCCN(C(=O)Nc2cccc(Cl)c2)CC1. The van der Waals surface area contributed by atoms with Crippen LogP contribution in [0.4, 0.5) is 10.5 Å². The highest BCUT2D eigenvalue weighted by Gasteiger charge is 2.21. The number of amides is 3. The van der Waals surface area contributed by atoms with Gasteiger partial charge >= 0.3 is 6.03 Å². The second kappa shape index (κ2) is 9.62. The van der Waals surface area contributed by atoms with Crippen LogP contribution < -0.4 is 5.32 Å². The van der Waals surface area contributed by atoms with Crippen LogP contribution >= 0.6 is 11.6 Å². The number of nitrogens with one attached hydrogen (secondary N) is 1. The highest BCUT2D eigenvalue weighted by atomic mass is 35.5. The van der Waals surface area contributed by atoms with Gasteiger partial charge < -0.3 is 15.1 Å². The van der Waals surface area contributed by atoms with E-state index in [9.17, 15) is 9.59 Å². The molecule has 4 rings (SSSR count). The number of benzene rings is 2. The van der Waals surface area contributed by atoms with Crippen LogP contribution in [0.25, 0.3) is 17.0 Å². The summed E-state index contributed by atoms with van der Waals surface area (Å²) in [6, 6.07) is 16.7. The summed E-state index contributed by atoms with van der Waals surface area (Å²) in [7, 11) is 0. The van der Waals surface area contributed by atoms with Crippen molar-refractivity contribution in [3.05, 3.63) is 77.5 Å². The molecule has 0 radical (unpaired) electrons. The molecule has 1 fully saturated rings. The van der Waals surface area contributed by atoms with Crippen molar-refractivity contribution < 1.29 is 9.59 Å². The second-order valence-electron chi connectivity index (χ2n) is 7.36.